The number of imide groups is 1. The Bertz CT molecular complexity index is 618. The Morgan fingerprint density at radius 1 is 1.30 bits per heavy atom. The molecule has 7 heteroatoms. The molecule has 23 heavy (non-hydrogen) atoms. The molecule has 1 aromatic rings. The number of carbonyl (C=O) groups is 3. The number of nitrogens with zero attached hydrogens (tertiary/aromatic N) is 1. The average molecular weight is 321 g/mol. The first kappa shape index (κ1) is 16.9. The van der Waals surface area contributed by atoms with Crippen molar-refractivity contribution in [3.63, 3.8) is 0 Å². The Morgan fingerprint density at radius 3 is 2.57 bits per heavy atom. The van der Waals surface area contributed by atoms with Crippen LogP contribution >= 0.6 is 0 Å². The van der Waals surface area contributed by atoms with E-state index >= 15 is 0 Å². The van der Waals surface area contributed by atoms with E-state index in [2.05, 4.69) is 10.6 Å². The summed E-state index contributed by atoms with van der Waals surface area (Å²) in [6.45, 7) is 3.71. The summed E-state index contributed by atoms with van der Waals surface area (Å²) in [7, 11) is 0. The molecule has 0 aliphatic carbocycles. The minimum atomic E-state index is -1.30. The van der Waals surface area contributed by atoms with Gasteiger partial charge >= 0.3 is 6.03 Å². The lowest BCUT2D eigenvalue weighted by Crippen LogP contribution is -2.43. The highest BCUT2D eigenvalue weighted by Gasteiger charge is 2.49. The molecule has 2 N–H and O–H groups in total. The highest BCUT2D eigenvalue weighted by atomic mass is 19.1. The van der Waals surface area contributed by atoms with Crippen molar-refractivity contribution in [1.82, 2.24) is 15.5 Å². The summed E-state index contributed by atoms with van der Waals surface area (Å²) < 4.78 is 13.0. The van der Waals surface area contributed by atoms with Gasteiger partial charge in [-0.1, -0.05) is 25.5 Å². The number of rotatable bonds is 6. The number of halogens is 1. The summed E-state index contributed by atoms with van der Waals surface area (Å²) in [6, 6.07) is 4.70. The van der Waals surface area contributed by atoms with Gasteiger partial charge < -0.3 is 10.6 Å². The monoisotopic (exact) mass is 321 g/mol. The van der Waals surface area contributed by atoms with E-state index in [0.717, 1.165) is 17.7 Å². The Balaban J connectivity index is 2.10. The zero-order valence-corrected chi connectivity index (χ0v) is 13.2. The van der Waals surface area contributed by atoms with Gasteiger partial charge in [0, 0.05) is 6.54 Å². The van der Waals surface area contributed by atoms with Gasteiger partial charge in [-0.25, -0.2) is 9.18 Å². The van der Waals surface area contributed by atoms with Crippen LogP contribution in [-0.4, -0.2) is 35.8 Å². The number of benzene rings is 1. The molecule has 124 valence electrons. The summed E-state index contributed by atoms with van der Waals surface area (Å²) in [5.41, 5.74) is -0.833. The smallest absolute Gasteiger partial charge is 0.325 e. The second-order valence-corrected chi connectivity index (χ2v) is 5.66. The van der Waals surface area contributed by atoms with E-state index in [1.807, 2.05) is 6.92 Å². The predicted octanol–water partition coefficient (Wildman–Crippen LogP) is 1.51. The molecule has 6 nitrogen and oxygen atoms in total. The third kappa shape index (κ3) is 3.49. The first-order chi connectivity index (χ1) is 10.9. The maximum atomic E-state index is 13.0. The summed E-state index contributed by atoms with van der Waals surface area (Å²) in [5, 5.41) is 5.24. The lowest BCUT2D eigenvalue weighted by molar-refractivity contribution is -0.134. The van der Waals surface area contributed by atoms with Crippen molar-refractivity contribution in [2.75, 3.05) is 13.1 Å². The van der Waals surface area contributed by atoms with Gasteiger partial charge in [0.15, 0.2) is 0 Å². The maximum Gasteiger partial charge on any atom is 0.325 e. The van der Waals surface area contributed by atoms with Crippen molar-refractivity contribution < 1.29 is 18.8 Å². The molecule has 2 rings (SSSR count). The van der Waals surface area contributed by atoms with E-state index in [0.29, 0.717) is 12.1 Å². The Morgan fingerprint density at radius 2 is 1.96 bits per heavy atom. The first-order valence-corrected chi connectivity index (χ1v) is 7.55. The number of carbonyl (C=O) groups excluding carboxylic acids is 3. The fourth-order valence-electron chi connectivity index (χ4n) is 2.42. The van der Waals surface area contributed by atoms with Crippen molar-refractivity contribution >= 4 is 17.8 Å². The molecule has 0 saturated carbocycles. The number of unbranched alkanes of at least 4 members (excludes halogenated alkanes) is 1. The molecule has 0 unspecified atom stereocenters. The molecular weight excluding hydrogens is 301 g/mol. The topological polar surface area (TPSA) is 78.5 Å². The first-order valence-electron chi connectivity index (χ1n) is 7.55. The van der Waals surface area contributed by atoms with Gasteiger partial charge in [-0.3, -0.25) is 14.5 Å². The third-order valence-electron chi connectivity index (χ3n) is 3.85. The molecule has 1 fully saturated rings. The van der Waals surface area contributed by atoms with Crippen LogP contribution in [0.2, 0.25) is 0 Å². The fourth-order valence-corrected chi connectivity index (χ4v) is 2.42. The molecule has 1 aliphatic heterocycles. The lowest BCUT2D eigenvalue weighted by atomic mass is 9.92. The molecule has 0 radical (unpaired) electrons. The van der Waals surface area contributed by atoms with Crippen LogP contribution in [0.3, 0.4) is 0 Å². The predicted molar refractivity (Wildman–Crippen MR) is 81.9 cm³/mol. The van der Waals surface area contributed by atoms with Crippen LogP contribution < -0.4 is 10.6 Å². The Kier molecular flexibility index (Phi) is 4.98. The van der Waals surface area contributed by atoms with Gasteiger partial charge in [-0.15, -0.1) is 0 Å². The maximum absolute atomic E-state index is 13.0. The van der Waals surface area contributed by atoms with Crippen molar-refractivity contribution in [3.05, 3.63) is 35.6 Å². The number of amides is 4. The summed E-state index contributed by atoms with van der Waals surface area (Å²) in [4.78, 5) is 37.3. The van der Waals surface area contributed by atoms with Crippen LogP contribution in [0.4, 0.5) is 9.18 Å². The van der Waals surface area contributed by atoms with Crippen molar-refractivity contribution in [2.24, 2.45) is 0 Å². The molecule has 1 atom stereocenters. The van der Waals surface area contributed by atoms with Gasteiger partial charge in [0.05, 0.1) is 0 Å². The van der Waals surface area contributed by atoms with Gasteiger partial charge in [0.1, 0.15) is 17.9 Å². The minimum absolute atomic E-state index is 0.328. The molecule has 1 saturated heterocycles. The Hall–Kier alpha value is -2.44. The second kappa shape index (κ2) is 6.76. The average Bonchev–Trinajstić information content (AvgIpc) is 2.72. The van der Waals surface area contributed by atoms with E-state index in [1.54, 1.807) is 0 Å². The molecule has 0 aromatic heterocycles. The zero-order chi connectivity index (χ0) is 17.0. The summed E-state index contributed by atoms with van der Waals surface area (Å²) in [6.07, 6.45) is 1.77. The van der Waals surface area contributed by atoms with Crippen LogP contribution in [0, 0.1) is 5.82 Å². The SMILES string of the molecule is CCCCNC(=O)CN1C(=O)N[C@@](C)(c2ccc(F)cc2)C1=O. The van der Waals surface area contributed by atoms with E-state index in [-0.39, 0.29) is 12.5 Å². The van der Waals surface area contributed by atoms with E-state index < -0.39 is 23.3 Å². The van der Waals surface area contributed by atoms with Crippen LogP contribution in [0.5, 0.6) is 0 Å². The number of hydrogen-bond donors (Lipinski definition) is 2. The second-order valence-electron chi connectivity index (χ2n) is 5.66. The fraction of sp³-hybridized carbons (Fsp3) is 0.438. The van der Waals surface area contributed by atoms with Crippen molar-refractivity contribution in [1.29, 1.82) is 0 Å². The highest BCUT2D eigenvalue weighted by Crippen LogP contribution is 2.28. The van der Waals surface area contributed by atoms with Crippen molar-refractivity contribution in [3.8, 4) is 0 Å². The quantitative estimate of drug-likeness (QED) is 0.616. The van der Waals surface area contributed by atoms with E-state index in [1.165, 1.54) is 31.2 Å². The molecule has 1 aromatic carbocycles. The zero-order valence-electron chi connectivity index (χ0n) is 13.2. The van der Waals surface area contributed by atoms with Crippen LogP contribution in [0.15, 0.2) is 24.3 Å². The van der Waals surface area contributed by atoms with E-state index in [4.69, 9.17) is 0 Å². The van der Waals surface area contributed by atoms with Gasteiger partial charge in [0.25, 0.3) is 5.91 Å². The molecule has 1 heterocycles. The summed E-state index contributed by atoms with van der Waals surface area (Å²) >= 11 is 0. The molecule has 0 spiro atoms. The third-order valence-corrected chi connectivity index (χ3v) is 3.85. The van der Waals surface area contributed by atoms with E-state index in [9.17, 15) is 18.8 Å². The van der Waals surface area contributed by atoms with Crippen LogP contribution in [-0.2, 0) is 15.1 Å². The van der Waals surface area contributed by atoms with Crippen LogP contribution in [0.25, 0.3) is 0 Å². The summed E-state index contributed by atoms with van der Waals surface area (Å²) in [5.74, 6) is -1.34. The largest absolute Gasteiger partial charge is 0.355 e. The number of nitrogens with one attached hydrogen (secondary N) is 2. The van der Waals surface area contributed by atoms with Crippen molar-refractivity contribution in [2.45, 2.75) is 32.2 Å². The van der Waals surface area contributed by atoms with Gasteiger partial charge in [-0.2, -0.15) is 0 Å². The number of hydrogen-bond acceptors (Lipinski definition) is 3. The lowest BCUT2D eigenvalue weighted by Gasteiger charge is -2.22. The molecule has 4 amide bonds. The number of urea groups is 1. The minimum Gasteiger partial charge on any atom is -0.355 e. The van der Waals surface area contributed by atoms with Gasteiger partial charge in [-0.05, 0) is 31.0 Å². The Labute approximate surface area is 134 Å². The molecular formula is C16H20FN3O3. The standard InChI is InChI=1S/C16H20FN3O3/c1-3-4-9-18-13(21)10-20-14(22)16(2,19-15(20)23)11-5-7-12(17)8-6-11/h5-8H,3-4,9-10H2,1-2H3,(H,18,21)(H,19,23)/t16-/m0/s1. The molecule has 1 aliphatic rings. The highest BCUT2D eigenvalue weighted by molar-refractivity contribution is 6.09. The van der Waals surface area contributed by atoms with Crippen LogP contribution in [0.1, 0.15) is 32.3 Å². The molecule has 0 bridgehead atoms. The van der Waals surface area contributed by atoms with Gasteiger partial charge in [0.2, 0.25) is 5.91 Å². The normalized spacial score (nSPS) is 20.6.